The van der Waals surface area contributed by atoms with Crippen LogP contribution in [0.1, 0.15) is 63.0 Å². The number of nitrogens with zero attached hydrogens (tertiary/aromatic N) is 2. The van der Waals surface area contributed by atoms with Crippen molar-refractivity contribution in [1.82, 2.24) is 20.5 Å². The summed E-state index contributed by atoms with van der Waals surface area (Å²) in [6.45, 7) is 1.15. The third-order valence-corrected chi connectivity index (χ3v) is 8.14. The Kier molecular flexibility index (Phi) is 8.33. The SMILES string of the molecule is O=C(NCCSC(=S)NC1CC1)c1csc(C2CCN(C(=O)c3ccccc3C(F)(F)F)CC2)n1. The van der Waals surface area contributed by atoms with Gasteiger partial charge in [0.05, 0.1) is 16.1 Å². The number of carbonyl (C=O) groups excluding carboxylic acids is 2. The van der Waals surface area contributed by atoms with Gasteiger partial charge < -0.3 is 15.5 Å². The van der Waals surface area contributed by atoms with E-state index in [1.165, 1.54) is 46.2 Å². The van der Waals surface area contributed by atoms with Gasteiger partial charge in [-0.1, -0.05) is 36.1 Å². The molecule has 2 heterocycles. The van der Waals surface area contributed by atoms with Crippen LogP contribution in [0.4, 0.5) is 13.2 Å². The second kappa shape index (κ2) is 11.3. The van der Waals surface area contributed by atoms with Crippen LogP contribution in [0.5, 0.6) is 0 Å². The van der Waals surface area contributed by atoms with Gasteiger partial charge in [-0.2, -0.15) is 13.2 Å². The van der Waals surface area contributed by atoms with Crippen molar-refractivity contribution in [3.63, 3.8) is 0 Å². The number of thiocarbonyl (C=S) groups is 1. The van der Waals surface area contributed by atoms with E-state index in [1.807, 2.05) is 0 Å². The number of thiazole rings is 1. The molecule has 1 aromatic heterocycles. The van der Waals surface area contributed by atoms with Crippen LogP contribution in [-0.2, 0) is 6.18 Å². The zero-order chi connectivity index (χ0) is 25.0. The lowest BCUT2D eigenvalue weighted by Crippen LogP contribution is -2.38. The molecule has 2 amide bonds. The predicted molar refractivity (Wildman–Crippen MR) is 135 cm³/mol. The van der Waals surface area contributed by atoms with Gasteiger partial charge >= 0.3 is 6.18 Å². The minimum absolute atomic E-state index is 0.0601. The van der Waals surface area contributed by atoms with Gasteiger partial charge in [-0.25, -0.2) is 4.98 Å². The Labute approximate surface area is 215 Å². The number of carbonyl (C=O) groups is 2. The molecule has 0 bridgehead atoms. The number of hydrogen-bond acceptors (Lipinski definition) is 6. The summed E-state index contributed by atoms with van der Waals surface area (Å²) in [4.78, 5) is 31.1. The number of nitrogens with one attached hydrogen (secondary N) is 2. The number of thioether (sulfide) groups is 1. The molecule has 0 radical (unpaired) electrons. The number of likely N-dealkylation sites (tertiary alicyclic amines) is 1. The first-order chi connectivity index (χ1) is 16.7. The number of aromatic nitrogens is 1. The number of hydrogen-bond donors (Lipinski definition) is 2. The third-order valence-electron chi connectivity index (χ3n) is 5.87. The van der Waals surface area contributed by atoms with Crippen LogP contribution >= 0.6 is 35.3 Å². The topological polar surface area (TPSA) is 74.3 Å². The molecule has 0 spiro atoms. The number of piperidine rings is 1. The molecule has 6 nitrogen and oxygen atoms in total. The molecule has 4 rings (SSSR count). The molecule has 1 saturated carbocycles. The highest BCUT2D eigenvalue weighted by Gasteiger charge is 2.36. The molecule has 1 aliphatic carbocycles. The fourth-order valence-electron chi connectivity index (χ4n) is 3.83. The molecular formula is C23H25F3N4O2S3. The highest BCUT2D eigenvalue weighted by atomic mass is 32.2. The Morgan fingerprint density at radius 1 is 1.17 bits per heavy atom. The van der Waals surface area contributed by atoms with Crippen LogP contribution in [0, 0.1) is 0 Å². The molecule has 35 heavy (non-hydrogen) atoms. The van der Waals surface area contributed by atoms with Gasteiger partial charge in [-0.05, 0) is 37.8 Å². The molecular weight excluding hydrogens is 517 g/mol. The standard InChI is InChI=1S/C23H25F3N4O2S3/c24-23(25,26)17-4-2-1-3-16(17)21(32)30-10-7-14(8-11-30)20-29-18(13-35-20)19(31)27-9-12-34-22(33)28-15-5-6-15/h1-4,13-15H,5-12H2,(H,27,31)(H,28,33). The Morgan fingerprint density at radius 3 is 2.57 bits per heavy atom. The summed E-state index contributed by atoms with van der Waals surface area (Å²) in [5.74, 6) is -0.124. The lowest BCUT2D eigenvalue weighted by atomic mass is 9.96. The van der Waals surface area contributed by atoms with Crippen molar-refractivity contribution >= 4 is 51.5 Å². The molecule has 2 aromatic rings. The molecule has 2 aliphatic rings. The third kappa shape index (κ3) is 6.95. The van der Waals surface area contributed by atoms with Gasteiger partial charge in [0.2, 0.25) is 0 Å². The maximum Gasteiger partial charge on any atom is 0.417 e. The van der Waals surface area contributed by atoms with E-state index in [4.69, 9.17) is 12.2 Å². The van der Waals surface area contributed by atoms with E-state index in [0.717, 1.165) is 28.2 Å². The Morgan fingerprint density at radius 2 is 1.89 bits per heavy atom. The normalized spacial score (nSPS) is 16.7. The second-order valence-electron chi connectivity index (χ2n) is 8.49. The zero-order valence-electron chi connectivity index (χ0n) is 18.8. The summed E-state index contributed by atoms with van der Waals surface area (Å²) >= 11 is 8.15. The predicted octanol–water partition coefficient (Wildman–Crippen LogP) is 4.68. The summed E-state index contributed by atoms with van der Waals surface area (Å²) in [6.07, 6.45) is -1.11. The number of benzene rings is 1. The zero-order valence-corrected chi connectivity index (χ0v) is 21.2. The van der Waals surface area contributed by atoms with Crippen molar-refractivity contribution < 1.29 is 22.8 Å². The van der Waals surface area contributed by atoms with Gasteiger partial charge in [-0.3, -0.25) is 9.59 Å². The lowest BCUT2D eigenvalue weighted by molar-refractivity contribution is -0.138. The minimum atomic E-state index is -4.58. The Balaban J connectivity index is 1.25. The van der Waals surface area contributed by atoms with E-state index in [0.29, 0.717) is 50.0 Å². The van der Waals surface area contributed by atoms with Gasteiger partial charge in [0.1, 0.15) is 10.0 Å². The number of amides is 2. The Bertz CT molecular complexity index is 1080. The molecule has 2 N–H and O–H groups in total. The van der Waals surface area contributed by atoms with Crippen molar-refractivity contribution in [3.05, 3.63) is 51.5 Å². The first-order valence-electron chi connectivity index (χ1n) is 11.3. The van der Waals surface area contributed by atoms with Crippen molar-refractivity contribution in [2.75, 3.05) is 25.4 Å². The van der Waals surface area contributed by atoms with E-state index in [2.05, 4.69) is 15.6 Å². The van der Waals surface area contributed by atoms with Crippen LogP contribution in [0.2, 0.25) is 0 Å². The molecule has 1 saturated heterocycles. The van der Waals surface area contributed by atoms with Gasteiger partial charge in [0.15, 0.2) is 0 Å². The van der Waals surface area contributed by atoms with E-state index in [9.17, 15) is 22.8 Å². The molecule has 0 atom stereocenters. The molecule has 12 heteroatoms. The monoisotopic (exact) mass is 542 g/mol. The molecule has 1 aromatic carbocycles. The summed E-state index contributed by atoms with van der Waals surface area (Å²) in [7, 11) is 0. The smallest absolute Gasteiger partial charge is 0.368 e. The largest absolute Gasteiger partial charge is 0.417 e. The van der Waals surface area contributed by atoms with Crippen LogP contribution in [0.25, 0.3) is 0 Å². The summed E-state index contributed by atoms with van der Waals surface area (Å²) in [5.41, 5.74) is -0.887. The van der Waals surface area contributed by atoms with E-state index in [-0.39, 0.29) is 17.4 Å². The van der Waals surface area contributed by atoms with Crippen LogP contribution in [-0.4, -0.2) is 57.4 Å². The Hall–Kier alpha value is -2.18. The van der Waals surface area contributed by atoms with E-state index >= 15 is 0 Å². The average Bonchev–Trinajstić information content (AvgIpc) is 3.51. The van der Waals surface area contributed by atoms with Gasteiger partial charge in [-0.15, -0.1) is 11.3 Å². The number of rotatable bonds is 7. The van der Waals surface area contributed by atoms with Gasteiger partial charge in [0, 0.05) is 42.7 Å². The van der Waals surface area contributed by atoms with Crippen LogP contribution in [0.3, 0.4) is 0 Å². The fraction of sp³-hybridized carbons (Fsp3) is 0.478. The van der Waals surface area contributed by atoms with Crippen molar-refractivity contribution in [3.8, 4) is 0 Å². The maximum absolute atomic E-state index is 13.3. The highest BCUT2D eigenvalue weighted by molar-refractivity contribution is 8.22. The first-order valence-corrected chi connectivity index (χ1v) is 13.6. The van der Waals surface area contributed by atoms with Crippen molar-refractivity contribution in [2.45, 2.75) is 43.8 Å². The summed E-state index contributed by atoms with van der Waals surface area (Å²) < 4.78 is 40.6. The van der Waals surface area contributed by atoms with E-state index in [1.54, 1.807) is 5.38 Å². The van der Waals surface area contributed by atoms with Crippen molar-refractivity contribution in [1.29, 1.82) is 0 Å². The lowest BCUT2D eigenvalue weighted by Gasteiger charge is -2.31. The first kappa shape index (κ1) is 25.9. The molecule has 188 valence electrons. The van der Waals surface area contributed by atoms with Crippen LogP contribution in [0.15, 0.2) is 29.6 Å². The molecule has 1 aliphatic heterocycles. The van der Waals surface area contributed by atoms with Crippen LogP contribution < -0.4 is 10.6 Å². The molecule has 2 fully saturated rings. The average molecular weight is 543 g/mol. The quantitative estimate of drug-likeness (QED) is 0.391. The number of halogens is 3. The van der Waals surface area contributed by atoms with Crippen molar-refractivity contribution in [2.24, 2.45) is 0 Å². The van der Waals surface area contributed by atoms with Gasteiger partial charge in [0.25, 0.3) is 11.8 Å². The minimum Gasteiger partial charge on any atom is -0.368 e. The summed E-state index contributed by atoms with van der Waals surface area (Å²) in [5, 5.41) is 8.61. The highest BCUT2D eigenvalue weighted by Crippen LogP contribution is 2.34. The second-order valence-corrected chi connectivity index (χ2v) is 11.2. The fourth-order valence-corrected chi connectivity index (χ4v) is 5.86. The summed E-state index contributed by atoms with van der Waals surface area (Å²) in [6, 6.07) is 5.38. The molecule has 0 unspecified atom stereocenters. The maximum atomic E-state index is 13.3. The van der Waals surface area contributed by atoms with E-state index < -0.39 is 17.6 Å². The number of alkyl halides is 3.